The highest BCUT2D eigenvalue weighted by molar-refractivity contribution is 9.14. The minimum absolute atomic E-state index is 0.213. The molecule has 162 valence electrons. The summed E-state index contributed by atoms with van der Waals surface area (Å²) in [6, 6.07) is 0. The summed E-state index contributed by atoms with van der Waals surface area (Å²) >= 11 is 6.59. The number of ether oxygens (including phenoxy) is 2. The van der Waals surface area contributed by atoms with Crippen molar-refractivity contribution in [3.63, 3.8) is 0 Å². The Morgan fingerprint density at radius 3 is 2.55 bits per heavy atom. The number of allylic oxidation sites excluding steroid dienone is 5. The molecule has 0 radical (unpaired) electrons. The standard InChI is InChI=1S/C20H29Br2N3O4/c1-13-8-6-9-15(12-13)25(23)18(26)17(22)16(21)14(2)28-11-7-10-24-19(27)29-20(3,4)5/h8,12H,2,6-7,9-11,23H2,1,3-5H3,(H,24,27)/b17-16-. The third-order valence-electron chi connectivity index (χ3n) is 3.68. The zero-order valence-electron chi connectivity index (χ0n) is 17.3. The van der Waals surface area contributed by atoms with Gasteiger partial charge in [-0.2, -0.15) is 0 Å². The average molecular weight is 535 g/mol. The second kappa shape index (κ2) is 11.6. The predicted molar refractivity (Wildman–Crippen MR) is 121 cm³/mol. The molecule has 0 aromatic carbocycles. The lowest BCUT2D eigenvalue weighted by Crippen LogP contribution is -2.37. The van der Waals surface area contributed by atoms with Crippen LogP contribution in [0, 0.1) is 0 Å². The fourth-order valence-corrected chi connectivity index (χ4v) is 3.02. The van der Waals surface area contributed by atoms with Gasteiger partial charge in [0.25, 0.3) is 5.91 Å². The summed E-state index contributed by atoms with van der Waals surface area (Å²) in [6.45, 7) is 11.9. The van der Waals surface area contributed by atoms with Crippen LogP contribution in [0.5, 0.6) is 0 Å². The Kier molecular flexibility index (Phi) is 10.2. The molecule has 9 heteroatoms. The van der Waals surface area contributed by atoms with Crippen molar-refractivity contribution in [1.82, 2.24) is 10.3 Å². The zero-order valence-corrected chi connectivity index (χ0v) is 20.5. The number of nitrogens with zero attached hydrogens (tertiary/aromatic N) is 1. The van der Waals surface area contributed by atoms with E-state index < -0.39 is 17.6 Å². The van der Waals surface area contributed by atoms with Crippen molar-refractivity contribution in [2.75, 3.05) is 13.2 Å². The van der Waals surface area contributed by atoms with Crippen LogP contribution in [0.1, 0.15) is 47.0 Å². The van der Waals surface area contributed by atoms with Gasteiger partial charge in [-0.3, -0.25) is 4.79 Å². The first-order chi connectivity index (χ1) is 13.4. The quantitative estimate of drug-likeness (QED) is 0.0890. The van der Waals surface area contributed by atoms with Gasteiger partial charge < -0.3 is 14.8 Å². The number of carbonyl (C=O) groups is 2. The maximum absolute atomic E-state index is 12.6. The van der Waals surface area contributed by atoms with Gasteiger partial charge in [0.05, 0.1) is 11.1 Å². The van der Waals surface area contributed by atoms with Crippen LogP contribution in [-0.2, 0) is 14.3 Å². The lowest BCUT2D eigenvalue weighted by molar-refractivity contribution is -0.124. The molecular weight excluding hydrogens is 506 g/mol. The average Bonchev–Trinajstić information content (AvgIpc) is 2.63. The van der Waals surface area contributed by atoms with Gasteiger partial charge >= 0.3 is 6.09 Å². The Labute approximate surface area is 189 Å². The maximum atomic E-state index is 12.6. The molecule has 3 N–H and O–H groups in total. The van der Waals surface area contributed by atoms with Crippen molar-refractivity contribution in [3.05, 3.63) is 44.7 Å². The molecule has 2 amide bonds. The molecule has 1 rings (SSSR count). The number of halogens is 2. The number of hydrogen-bond donors (Lipinski definition) is 2. The number of rotatable bonds is 8. The second-order valence-electron chi connectivity index (χ2n) is 7.48. The van der Waals surface area contributed by atoms with Gasteiger partial charge in [-0.15, -0.1) is 0 Å². The molecule has 0 saturated carbocycles. The lowest BCUT2D eigenvalue weighted by atomic mass is 10.1. The fourth-order valence-electron chi connectivity index (χ4n) is 2.32. The van der Waals surface area contributed by atoms with Gasteiger partial charge in [0.2, 0.25) is 0 Å². The number of hydrazine groups is 1. The van der Waals surface area contributed by atoms with E-state index in [1.165, 1.54) is 0 Å². The molecule has 0 spiro atoms. The van der Waals surface area contributed by atoms with E-state index >= 15 is 0 Å². The van der Waals surface area contributed by atoms with Gasteiger partial charge in [-0.05, 0) is 84.9 Å². The summed E-state index contributed by atoms with van der Waals surface area (Å²) in [7, 11) is 0. The van der Waals surface area contributed by atoms with E-state index in [1.807, 2.05) is 13.0 Å². The Morgan fingerprint density at radius 1 is 1.31 bits per heavy atom. The van der Waals surface area contributed by atoms with Crippen LogP contribution in [0.25, 0.3) is 0 Å². The monoisotopic (exact) mass is 533 g/mol. The molecule has 0 fully saturated rings. The van der Waals surface area contributed by atoms with Crippen molar-refractivity contribution in [1.29, 1.82) is 0 Å². The van der Waals surface area contributed by atoms with E-state index in [9.17, 15) is 9.59 Å². The molecule has 0 aromatic rings. The van der Waals surface area contributed by atoms with Gasteiger partial charge in [-0.1, -0.05) is 18.2 Å². The number of carbonyl (C=O) groups excluding carboxylic acids is 2. The molecular formula is C20H29Br2N3O4. The Morgan fingerprint density at radius 2 is 1.97 bits per heavy atom. The second-order valence-corrected chi connectivity index (χ2v) is 9.07. The summed E-state index contributed by atoms with van der Waals surface area (Å²) in [6.07, 6.45) is 5.59. The number of nitrogens with two attached hydrogens (primary N) is 1. The van der Waals surface area contributed by atoms with Crippen molar-refractivity contribution < 1.29 is 19.1 Å². The van der Waals surface area contributed by atoms with E-state index in [4.69, 9.17) is 15.3 Å². The Balaban J connectivity index is 2.50. The zero-order chi connectivity index (χ0) is 22.2. The lowest BCUT2D eigenvalue weighted by Gasteiger charge is -2.22. The van der Waals surface area contributed by atoms with Crippen molar-refractivity contribution >= 4 is 43.9 Å². The minimum Gasteiger partial charge on any atom is -0.493 e. The highest BCUT2D eigenvalue weighted by atomic mass is 79.9. The summed E-state index contributed by atoms with van der Waals surface area (Å²) in [5.41, 5.74) is 1.27. The molecule has 1 aliphatic carbocycles. The smallest absolute Gasteiger partial charge is 0.407 e. The minimum atomic E-state index is -0.539. The van der Waals surface area contributed by atoms with E-state index in [-0.39, 0.29) is 10.2 Å². The third kappa shape index (κ3) is 9.18. The van der Waals surface area contributed by atoms with Crippen LogP contribution in [0.3, 0.4) is 0 Å². The van der Waals surface area contributed by atoms with Crippen LogP contribution < -0.4 is 11.2 Å². The number of alkyl carbamates (subject to hydrolysis) is 1. The molecule has 0 atom stereocenters. The number of hydrogen-bond acceptors (Lipinski definition) is 5. The normalized spacial score (nSPS) is 14.9. The first-order valence-corrected chi connectivity index (χ1v) is 10.8. The number of nitrogens with one attached hydrogen (secondary N) is 1. The van der Waals surface area contributed by atoms with Crippen molar-refractivity contribution in [3.8, 4) is 0 Å². The molecule has 0 heterocycles. The molecule has 0 unspecified atom stereocenters. The first-order valence-electron chi connectivity index (χ1n) is 9.23. The van der Waals surface area contributed by atoms with Crippen molar-refractivity contribution in [2.45, 2.75) is 52.6 Å². The van der Waals surface area contributed by atoms with Gasteiger partial charge in [0, 0.05) is 12.2 Å². The maximum Gasteiger partial charge on any atom is 0.407 e. The molecule has 0 bridgehead atoms. The molecule has 29 heavy (non-hydrogen) atoms. The Bertz CT molecular complexity index is 736. The molecule has 1 aliphatic rings. The number of amides is 2. The van der Waals surface area contributed by atoms with Crippen molar-refractivity contribution in [2.24, 2.45) is 5.84 Å². The fraction of sp³-hybridized carbons (Fsp3) is 0.500. The van der Waals surface area contributed by atoms with Gasteiger partial charge in [0.15, 0.2) is 0 Å². The van der Waals surface area contributed by atoms with Crippen LogP contribution in [0.15, 0.2) is 44.7 Å². The van der Waals surface area contributed by atoms with Crippen LogP contribution in [0.4, 0.5) is 4.79 Å². The van der Waals surface area contributed by atoms with E-state index in [2.05, 4.69) is 49.8 Å². The molecule has 0 saturated heterocycles. The summed E-state index contributed by atoms with van der Waals surface area (Å²) < 4.78 is 11.3. The van der Waals surface area contributed by atoms with E-state index in [0.29, 0.717) is 30.5 Å². The van der Waals surface area contributed by atoms with Gasteiger partial charge in [0.1, 0.15) is 15.8 Å². The summed E-state index contributed by atoms with van der Waals surface area (Å²) in [4.78, 5) is 24.2. The summed E-state index contributed by atoms with van der Waals surface area (Å²) in [5, 5.41) is 3.77. The molecule has 0 aliphatic heterocycles. The van der Waals surface area contributed by atoms with Gasteiger partial charge in [-0.25, -0.2) is 15.6 Å². The third-order valence-corrected chi connectivity index (χ3v) is 5.79. The van der Waals surface area contributed by atoms with E-state index in [0.717, 1.165) is 22.7 Å². The SMILES string of the molecule is C=C(OCCCNC(=O)OC(C)(C)C)/C(Br)=C(/Br)C(=O)N(N)C1=CC(C)=CCC1. The Hall–Kier alpha value is -1.58. The van der Waals surface area contributed by atoms with Crippen LogP contribution in [0.2, 0.25) is 0 Å². The molecule has 0 aromatic heterocycles. The van der Waals surface area contributed by atoms with E-state index in [1.54, 1.807) is 20.8 Å². The summed E-state index contributed by atoms with van der Waals surface area (Å²) in [5.74, 6) is 5.86. The van der Waals surface area contributed by atoms with Crippen LogP contribution >= 0.6 is 31.9 Å². The molecule has 7 nitrogen and oxygen atoms in total. The largest absolute Gasteiger partial charge is 0.493 e. The predicted octanol–water partition coefficient (Wildman–Crippen LogP) is 4.76. The first kappa shape index (κ1) is 25.5. The highest BCUT2D eigenvalue weighted by Crippen LogP contribution is 2.28. The highest BCUT2D eigenvalue weighted by Gasteiger charge is 2.22. The topological polar surface area (TPSA) is 93.9 Å². The van der Waals surface area contributed by atoms with Crippen LogP contribution in [-0.4, -0.2) is 35.8 Å².